The Labute approximate surface area is 109 Å². The zero-order valence-corrected chi connectivity index (χ0v) is 11.8. The smallest absolute Gasteiger partial charge is 0.0909 e. The van der Waals surface area contributed by atoms with Crippen LogP contribution in [0.25, 0.3) is 0 Å². The number of rotatable bonds is 0. The molecule has 3 aliphatic rings. The van der Waals surface area contributed by atoms with E-state index in [9.17, 15) is 15.3 Å². The van der Waals surface area contributed by atoms with E-state index < -0.39 is 11.7 Å². The molecular weight excluding hydrogens is 228 g/mol. The second kappa shape index (κ2) is 3.31. The Morgan fingerprint density at radius 3 is 2.11 bits per heavy atom. The Morgan fingerprint density at radius 1 is 0.889 bits per heavy atom. The fourth-order valence-electron chi connectivity index (χ4n) is 5.05. The van der Waals surface area contributed by atoms with Crippen LogP contribution in [0.5, 0.6) is 0 Å². The molecule has 0 spiro atoms. The van der Waals surface area contributed by atoms with Crippen molar-refractivity contribution in [2.75, 3.05) is 0 Å². The van der Waals surface area contributed by atoms with Crippen LogP contribution in [-0.2, 0) is 0 Å². The molecule has 18 heavy (non-hydrogen) atoms. The van der Waals surface area contributed by atoms with Gasteiger partial charge in [-0.3, -0.25) is 0 Å². The van der Waals surface area contributed by atoms with Crippen LogP contribution in [0.15, 0.2) is 0 Å². The van der Waals surface area contributed by atoms with Crippen molar-refractivity contribution < 1.29 is 15.3 Å². The van der Waals surface area contributed by atoms with Gasteiger partial charge >= 0.3 is 0 Å². The van der Waals surface area contributed by atoms with E-state index in [0.717, 1.165) is 6.42 Å². The van der Waals surface area contributed by atoms with Crippen LogP contribution in [0.4, 0.5) is 0 Å². The molecule has 3 saturated carbocycles. The molecule has 0 aromatic carbocycles. The van der Waals surface area contributed by atoms with E-state index in [-0.39, 0.29) is 22.9 Å². The predicted molar refractivity (Wildman–Crippen MR) is 68.8 cm³/mol. The summed E-state index contributed by atoms with van der Waals surface area (Å²) >= 11 is 0. The summed E-state index contributed by atoms with van der Waals surface area (Å²) < 4.78 is 0. The van der Waals surface area contributed by atoms with Crippen molar-refractivity contribution in [2.45, 2.75) is 64.8 Å². The lowest BCUT2D eigenvalue weighted by Crippen LogP contribution is -2.61. The zero-order chi connectivity index (χ0) is 13.5. The summed E-state index contributed by atoms with van der Waals surface area (Å²) in [5, 5.41) is 31.2. The first-order valence-corrected chi connectivity index (χ1v) is 7.19. The van der Waals surface area contributed by atoms with Gasteiger partial charge in [-0.05, 0) is 54.8 Å². The normalized spacial score (nSPS) is 61.8. The van der Waals surface area contributed by atoms with E-state index in [1.54, 1.807) is 6.92 Å². The van der Waals surface area contributed by atoms with Crippen LogP contribution in [0.2, 0.25) is 0 Å². The predicted octanol–water partition coefficient (Wildman–Crippen LogP) is 1.55. The van der Waals surface area contributed by atoms with Crippen LogP contribution < -0.4 is 0 Å². The number of aliphatic hydroxyl groups is 3. The lowest BCUT2D eigenvalue weighted by atomic mass is 9.51. The molecule has 0 aromatic rings. The lowest BCUT2D eigenvalue weighted by Gasteiger charge is -2.57. The van der Waals surface area contributed by atoms with Crippen molar-refractivity contribution in [2.24, 2.45) is 28.6 Å². The van der Waals surface area contributed by atoms with E-state index >= 15 is 0 Å². The molecule has 3 N–H and O–H groups in total. The standard InChI is InChI=1S/C15H26O3/c1-13(2)7-11(17)15(4,18)8-5-10(16)14(3)6-9(14)12(8)13/h8-12,16-18H,5-7H2,1-4H3/t8-,9-,10+,11-,12+,14-,15?/m0/s1. The fourth-order valence-corrected chi connectivity index (χ4v) is 5.05. The van der Waals surface area contributed by atoms with Gasteiger partial charge in [-0.15, -0.1) is 0 Å². The highest BCUT2D eigenvalue weighted by Gasteiger charge is 2.70. The minimum Gasteiger partial charge on any atom is -0.393 e. The third-order valence-corrected chi connectivity index (χ3v) is 6.50. The number of aliphatic hydroxyl groups excluding tert-OH is 2. The molecule has 3 fully saturated rings. The molecule has 0 heterocycles. The molecule has 0 aromatic heterocycles. The van der Waals surface area contributed by atoms with Crippen molar-refractivity contribution in [3.8, 4) is 0 Å². The third kappa shape index (κ3) is 1.41. The molecule has 0 saturated heterocycles. The zero-order valence-electron chi connectivity index (χ0n) is 11.8. The maximum Gasteiger partial charge on any atom is 0.0909 e. The molecule has 0 bridgehead atoms. The topological polar surface area (TPSA) is 60.7 Å². The van der Waals surface area contributed by atoms with Gasteiger partial charge in [-0.25, -0.2) is 0 Å². The Balaban J connectivity index is 2.00. The van der Waals surface area contributed by atoms with Gasteiger partial charge in [-0.1, -0.05) is 20.8 Å². The molecule has 3 rings (SSSR count). The second-order valence-electron chi connectivity index (χ2n) is 8.13. The molecular formula is C15H26O3. The summed E-state index contributed by atoms with van der Waals surface area (Å²) in [6, 6.07) is 0. The summed E-state index contributed by atoms with van der Waals surface area (Å²) in [6.07, 6.45) is 1.36. The minimum atomic E-state index is -1.05. The van der Waals surface area contributed by atoms with Gasteiger partial charge in [0, 0.05) is 0 Å². The maximum absolute atomic E-state index is 10.6. The van der Waals surface area contributed by atoms with E-state index in [4.69, 9.17) is 0 Å². The van der Waals surface area contributed by atoms with Gasteiger partial charge in [0.05, 0.1) is 17.8 Å². The third-order valence-electron chi connectivity index (χ3n) is 6.50. The van der Waals surface area contributed by atoms with Crippen molar-refractivity contribution in [1.82, 2.24) is 0 Å². The monoisotopic (exact) mass is 254 g/mol. The van der Waals surface area contributed by atoms with Crippen LogP contribution in [0.3, 0.4) is 0 Å². The lowest BCUT2D eigenvalue weighted by molar-refractivity contribution is -0.206. The fraction of sp³-hybridized carbons (Fsp3) is 1.00. The Hall–Kier alpha value is -0.120. The van der Waals surface area contributed by atoms with Gasteiger partial charge in [0.15, 0.2) is 0 Å². The highest BCUT2D eigenvalue weighted by Crippen LogP contribution is 2.71. The van der Waals surface area contributed by atoms with Gasteiger partial charge in [0.1, 0.15) is 0 Å². The maximum atomic E-state index is 10.6. The quantitative estimate of drug-likeness (QED) is 0.614. The largest absolute Gasteiger partial charge is 0.393 e. The van der Waals surface area contributed by atoms with Gasteiger partial charge in [0.2, 0.25) is 0 Å². The molecule has 3 aliphatic carbocycles. The first-order chi connectivity index (χ1) is 8.10. The molecule has 7 atom stereocenters. The Bertz CT molecular complexity index is 376. The summed E-state index contributed by atoms with van der Waals surface area (Å²) in [5.41, 5.74) is -0.934. The van der Waals surface area contributed by atoms with Crippen molar-refractivity contribution in [1.29, 1.82) is 0 Å². The van der Waals surface area contributed by atoms with Crippen LogP contribution in [-0.4, -0.2) is 33.1 Å². The first kappa shape index (κ1) is 12.9. The van der Waals surface area contributed by atoms with E-state index in [0.29, 0.717) is 24.7 Å². The van der Waals surface area contributed by atoms with Gasteiger partial charge < -0.3 is 15.3 Å². The molecule has 104 valence electrons. The molecule has 3 nitrogen and oxygen atoms in total. The van der Waals surface area contributed by atoms with Crippen LogP contribution in [0, 0.1) is 28.6 Å². The molecule has 0 amide bonds. The van der Waals surface area contributed by atoms with E-state index in [1.165, 1.54) is 0 Å². The average molecular weight is 254 g/mol. The van der Waals surface area contributed by atoms with Gasteiger partial charge in [-0.2, -0.15) is 0 Å². The molecule has 0 aliphatic heterocycles. The summed E-state index contributed by atoms with van der Waals surface area (Å²) in [6.45, 7) is 8.34. The highest BCUT2D eigenvalue weighted by atomic mass is 16.3. The van der Waals surface area contributed by atoms with Gasteiger partial charge in [0.25, 0.3) is 0 Å². The summed E-state index contributed by atoms with van der Waals surface area (Å²) in [5.74, 6) is 0.955. The molecule has 3 heteroatoms. The summed E-state index contributed by atoms with van der Waals surface area (Å²) in [7, 11) is 0. The Kier molecular flexibility index (Phi) is 2.37. The minimum absolute atomic E-state index is 0.0202. The first-order valence-electron chi connectivity index (χ1n) is 7.19. The van der Waals surface area contributed by atoms with Crippen molar-refractivity contribution in [3.63, 3.8) is 0 Å². The van der Waals surface area contributed by atoms with Crippen LogP contribution in [0.1, 0.15) is 47.0 Å². The van der Waals surface area contributed by atoms with E-state index in [1.807, 2.05) is 0 Å². The highest BCUT2D eigenvalue weighted by molar-refractivity contribution is 5.19. The van der Waals surface area contributed by atoms with E-state index in [2.05, 4.69) is 20.8 Å². The van der Waals surface area contributed by atoms with Crippen molar-refractivity contribution >= 4 is 0 Å². The number of fused-ring (bicyclic) bond motifs is 3. The van der Waals surface area contributed by atoms with Crippen molar-refractivity contribution in [3.05, 3.63) is 0 Å². The number of hydrogen-bond donors (Lipinski definition) is 3. The molecule has 0 radical (unpaired) electrons. The summed E-state index contributed by atoms with van der Waals surface area (Å²) in [4.78, 5) is 0. The number of hydrogen-bond acceptors (Lipinski definition) is 3. The Morgan fingerprint density at radius 2 is 1.50 bits per heavy atom. The van der Waals surface area contributed by atoms with Crippen LogP contribution >= 0.6 is 0 Å². The average Bonchev–Trinajstić information content (AvgIpc) is 2.88. The molecule has 1 unspecified atom stereocenters. The second-order valence-corrected chi connectivity index (χ2v) is 8.13. The SMILES string of the molecule is CC1(C)C[C@H](O)C(C)(O)[C@H]2C[C@@H](O)[C@@]3(C)C[C@H]3[C@@H]21.